The third kappa shape index (κ3) is 5.46. The molecule has 0 unspecified atom stereocenters. The Morgan fingerprint density at radius 1 is 0.966 bits per heavy atom. The molecule has 1 N–H and O–H groups in total. The number of ketones is 1. The van der Waals surface area contributed by atoms with Gasteiger partial charge in [-0.2, -0.15) is 0 Å². The minimum Gasteiger partial charge on any atom is -0.484 e. The normalized spacial score (nSPS) is 10.6. The Kier molecular flexibility index (Phi) is 6.68. The van der Waals surface area contributed by atoms with E-state index in [-0.39, 0.29) is 18.3 Å². The highest BCUT2D eigenvalue weighted by molar-refractivity contribution is 6.31. The molecule has 0 aliphatic carbocycles. The van der Waals surface area contributed by atoms with Crippen LogP contribution >= 0.6 is 11.6 Å². The Morgan fingerprint density at radius 2 is 1.72 bits per heavy atom. The molecule has 0 aromatic heterocycles. The minimum absolute atomic E-state index is 0.164. The van der Waals surface area contributed by atoms with E-state index in [2.05, 4.69) is 19.2 Å². The van der Waals surface area contributed by atoms with E-state index in [0.29, 0.717) is 33.5 Å². The molecule has 0 aliphatic rings. The first-order valence-electron chi connectivity index (χ1n) is 9.36. The second kappa shape index (κ2) is 9.39. The lowest BCUT2D eigenvalue weighted by atomic mass is 10.0. The Labute approximate surface area is 175 Å². The Hall–Kier alpha value is -3.11. The van der Waals surface area contributed by atoms with Gasteiger partial charge in [0.05, 0.1) is 5.69 Å². The summed E-state index contributed by atoms with van der Waals surface area (Å²) in [5, 5.41) is 3.17. The molecular formula is C24H22ClNO3. The number of halogens is 1. The summed E-state index contributed by atoms with van der Waals surface area (Å²) < 4.78 is 5.62. The zero-order valence-electron chi connectivity index (χ0n) is 16.3. The number of ether oxygens (including phenoxy) is 1. The summed E-state index contributed by atoms with van der Waals surface area (Å²) in [4.78, 5) is 25.3. The highest BCUT2D eigenvalue weighted by Gasteiger charge is 2.16. The van der Waals surface area contributed by atoms with E-state index in [0.717, 1.165) is 5.56 Å². The molecular weight excluding hydrogens is 386 g/mol. The van der Waals surface area contributed by atoms with Crippen LogP contribution in [0, 0.1) is 0 Å². The fourth-order valence-electron chi connectivity index (χ4n) is 2.86. The third-order valence-electron chi connectivity index (χ3n) is 4.43. The molecule has 29 heavy (non-hydrogen) atoms. The van der Waals surface area contributed by atoms with Crippen LogP contribution < -0.4 is 10.1 Å². The van der Waals surface area contributed by atoms with Crippen molar-refractivity contribution < 1.29 is 14.3 Å². The maximum atomic E-state index is 12.8. The molecule has 0 fully saturated rings. The van der Waals surface area contributed by atoms with Crippen LogP contribution in [0.4, 0.5) is 5.69 Å². The molecule has 1 amide bonds. The molecule has 0 saturated heterocycles. The lowest BCUT2D eigenvalue weighted by Gasteiger charge is -2.13. The quantitative estimate of drug-likeness (QED) is 0.510. The largest absolute Gasteiger partial charge is 0.484 e. The maximum absolute atomic E-state index is 12.8. The van der Waals surface area contributed by atoms with Crippen molar-refractivity contribution in [3.05, 3.63) is 94.5 Å². The number of hydrogen-bond acceptors (Lipinski definition) is 3. The van der Waals surface area contributed by atoms with Gasteiger partial charge in [-0.1, -0.05) is 67.9 Å². The van der Waals surface area contributed by atoms with Gasteiger partial charge in [-0.3, -0.25) is 9.59 Å². The fraction of sp³-hybridized carbons (Fsp3) is 0.167. The third-order valence-corrected chi connectivity index (χ3v) is 4.67. The van der Waals surface area contributed by atoms with Crippen molar-refractivity contribution in [3.8, 4) is 5.75 Å². The van der Waals surface area contributed by atoms with Gasteiger partial charge < -0.3 is 10.1 Å². The topological polar surface area (TPSA) is 55.4 Å². The Morgan fingerprint density at radius 3 is 2.45 bits per heavy atom. The first-order valence-corrected chi connectivity index (χ1v) is 9.74. The number of benzene rings is 3. The smallest absolute Gasteiger partial charge is 0.262 e. The number of nitrogens with one attached hydrogen (secondary N) is 1. The number of rotatable bonds is 7. The van der Waals surface area contributed by atoms with E-state index in [1.54, 1.807) is 42.5 Å². The molecule has 0 radical (unpaired) electrons. The molecule has 0 saturated carbocycles. The lowest BCUT2D eigenvalue weighted by Crippen LogP contribution is -2.21. The van der Waals surface area contributed by atoms with Gasteiger partial charge in [-0.15, -0.1) is 0 Å². The second-order valence-corrected chi connectivity index (χ2v) is 7.39. The molecule has 0 aliphatic heterocycles. The van der Waals surface area contributed by atoms with Crippen LogP contribution in [0.3, 0.4) is 0 Å². The standard InChI is InChI=1S/C24H22ClNO3/c1-16(2)18-9-6-10-20(13-18)29-15-23(27)26-22-12-11-19(25)14-21(22)24(28)17-7-4-3-5-8-17/h3-14,16H,15H2,1-2H3,(H,26,27). The highest BCUT2D eigenvalue weighted by atomic mass is 35.5. The molecule has 0 spiro atoms. The number of carbonyl (C=O) groups excluding carboxylic acids is 2. The van der Waals surface area contributed by atoms with Crippen LogP contribution in [0.2, 0.25) is 5.02 Å². The summed E-state index contributed by atoms with van der Waals surface area (Å²) in [5.74, 6) is 0.425. The van der Waals surface area contributed by atoms with E-state index < -0.39 is 0 Å². The Balaban J connectivity index is 1.72. The molecule has 0 atom stereocenters. The van der Waals surface area contributed by atoms with Gasteiger partial charge in [0.15, 0.2) is 12.4 Å². The summed E-state index contributed by atoms with van der Waals surface area (Å²) >= 11 is 6.08. The van der Waals surface area contributed by atoms with Crippen LogP contribution in [-0.2, 0) is 4.79 Å². The second-order valence-electron chi connectivity index (χ2n) is 6.95. The predicted octanol–water partition coefficient (Wildman–Crippen LogP) is 5.71. The van der Waals surface area contributed by atoms with Crippen LogP contribution in [0.5, 0.6) is 5.75 Å². The number of amides is 1. The van der Waals surface area contributed by atoms with Crippen LogP contribution in [0.25, 0.3) is 0 Å². The van der Waals surface area contributed by atoms with Crippen molar-refractivity contribution in [2.24, 2.45) is 0 Å². The molecule has 148 valence electrons. The molecule has 0 heterocycles. The van der Waals surface area contributed by atoms with Crippen molar-refractivity contribution in [3.63, 3.8) is 0 Å². The van der Waals surface area contributed by atoms with Crippen molar-refractivity contribution in [2.45, 2.75) is 19.8 Å². The maximum Gasteiger partial charge on any atom is 0.262 e. The zero-order chi connectivity index (χ0) is 20.8. The average Bonchev–Trinajstić information content (AvgIpc) is 2.74. The van der Waals surface area contributed by atoms with Crippen LogP contribution in [0.15, 0.2) is 72.8 Å². The Bertz CT molecular complexity index is 1020. The van der Waals surface area contributed by atoms with Crippen molar-refractivity contribution in [1.29, 1.82) is 0 Å². The van der Waals surface area contributed by atoms with Crippen LogP contribution in [0.1, 0.15) is 41.3 Å². The molecule has 4 nitrogen and oxygen atoms in total. The van der Waals surface area contributed by atoms with E-state index in [1.807, 2.05) is 30.3 Å². The highest BCUT2D eigenvalue weighted by Crippen LogP contribution is 2.24. The first-order chi connectivity index (χ1) is 13.9. The molecule has 3 aromatic rings. The number of anilines is 1. The summed E-state index contributed by atoms with van der Waals surface area (Å²) in [7, 11) is 0. The van der Waals surface area contributed by atoms with Crippen LogP contribution in [-0.4, -0.2) is 18.3 Å². The van der Waals surface area contributed by atoms with Gasteiger partial charge in [0.1, 0.15) is 5.75 Å². The van der Waals surface area contributed by atoms with E-state index in [1.165, 1.54) is 0 Å². The number of hydrogen-bond donors (Lipinski definition) is 1. The average molecular weight is 408 g/mol. The molecule has 0 bridgehead atoms. The van der Waals surface area contributed by atoms with Gasteiger partial charge >= 0.3 is 0 Å². The fourth-order valence-corrected chi connectivity index (χ4v) is 3.03. The van der Waals surface area contributed by atoms with Gasteiger partial charge in [-0.25, -0.2) is 0 Å². The van der Waals surface area contributed by atoms with Gasteiger partial charge in [-0.05, 0) is 41.8 Å². The van der Waals surface area contributed by atoms with Gasteiger partial charge in [0.25, 0.3) is 5.91 Å². The van der Waals surface area contributed by atoms with Gasteiger partial charge in [0.2, 0.25) is 0 Å². The monoisotopic (exact) mass is 407 g/mol. The summed E-state index contributed by atoms with van der Waals surface area (Å²) in [6, 6.07) is 21.3. The summed E-state index contributed by atoms with van der Waals surface area (Å²) in [6.45, 7) is 4.03. The summed E-state index contributed by atoms with van der Waals surface area (Å²) in [5.41, 5.74) is 2.38. The number of carbonyl (C=O) groups is 2. The van der Waals surface area contributed by atoms with Crippen molar-refractivity contribution >= 4 is 29.0 Å². The first kappa shape index (κ1) is 20.6. The zero-order valence-corrected chi connectivity index (χ0v) is 17.1. The SMILES string of the molecule is CC(C)c1cccc(OCC(=O)Nc2ccc(Cl)cc2C(=O)c2ccccc2)c1. The molecule has 3 aromatic carbocycles. The van der Waals surface area contributed by atoms with E-state index in [4.69, 9.17) is 16.3 Å². The van der Waals surface area contributed by atoms with Crippen molar-refractivity contribution in [2.75, 3.05) is 11.9 Å². The van der Waals surface area contributed by atoms with E-state index >= 15 is 0 Å². The van der Waals surface area contributed by atoms with E-state index in [9.17, 15) is 9.59 Å². The summed E-state index contributed by atoms with van der Waals surface area (Å²) in [6.07, 6.45) is 0. The van der Waals surface area contributed by atoms with Crippen molar-refractivity contribution in [1.82, 2.24) is 0 Å². The molecule has 3 rings (SSSR count). The van der Waals surface area contributed by atoms with Gasteiger partial charge in [0, 0.05) is 16.1 Å². The lowest BCUT2D eigenvalue weighted by molar-refractivity contribution is -0.118. The predicted molar refractivity (Wildman–Crippen MR) is 116 cm³/mol. The minimum atomic E-state index is -0.357. The molecule has 5 heteroatoms.